The molecule has 8 nitrogen and oxygen atoms in total. The first-order chi connectivity index (χ1) is 14.6. The Hall–Kier alpha value is -4.03. The number of nitriles is 1. The molecule has 1 N–H and O–H groups in total. The molecule has 0 radical (unpaired) electrons. The van der Waals surface area contributed by atoms with Crippen LogP contribution in [0, 0.1) is 21.4 Å². The summed E-state index contributed by atoms with van der Waals surface area (Å²) in [6, 6.07) is 17.2. The summed E-state index contributed by atoms with van der Waals surface area (Å²) in [7, 11) is 0. The minimum Gasteiger partial charge on any atom is -0.347 e. The molecule has 2 aromatic carbocycles. The van der Waals surface area contributed by atoms with Crippen LogP contribution in [0.1, 0.15) is 11.1 Å². The average Bonchev–Trinajstić information content (AvgIpc) is 2.78. The summed E-state index contributed by atoms with van der Waals surface area (Å²) in [5.74, 6) is -0.555. The standard InChI is InChI=1S/C21H15N5O3S/c22-13-17(20(27)25-14-15-5-2-1-3-6-15)11-16-7-8-19(18(12-16)26(28)29)30-21-23-9-4-10-24-21/h1-12H,14H2,(H,25,27)/b17-11+. The summed E-state index contributed by atoms with van der Waals surface area (Å²) in [6.07, 6.45) is 4.41. The Morgan fingerprint density at radius 3 is 2.57 bits per heavy atom. The first kappa shape index (κ1) is 20.7. The number of rotatable bonds is 7. The maximum atomic E-state index is 12.3. The highest BCUT2D eigenvalue weighted by Gasteiger charge is 2.17. The van der Waals surface area contributed by atoms with Crippen molar-refractivity contribution in [3.63, 3.8) is 0 Å². The summed E-state index contributed by atoms with van der Waals surface area (Å²) < 4.78 is 0. The zero-order valence-electron chi connectivity index (χ0n) is 15.6. The van der Waals surface area contributed by atoms with E-state index in [9.17, 15) is 20.2 Å². The van der Waals surface area contributed by atoms with Gasteiger partial charge in [0.05, 0.1) is 9.82 Å². The highest BCUT2D eigenvalue weighted by atomic mass is 32.2. The molecule has 0 aliphatic heterocycles. The van der Waals surface area contributed by atoms with E-state index in [4.69, 9.17) is 0 Å². The number of nitro groups is 1. The van der Waals surface area contributed by atoms with E-state index in [2.05, 4.69) is 15.3 Å². The number of carbonyl (C=O) groups is 1. The Bertz CT molecular complexity index is 1130. The maximum Gasteiger partial charge on any atom is 0.283 e. The lowest BCUT2D eigenvalue weighted by atomic mass is 10.1. The van der Waals surface area contributed by atoms with Crippen molar-refractivity contribution in [2.75, 3.05) is 0 Å². The van der Waals surface area contributed by atoms with Crippen LogP contribution in [-0.4, -0.2) is 20.8 Å². The van der Waals surface area contributed by atoms with Gasteiger partial charge in [-0.15, -0.1) is 0 Å². The molecule has 0 bridgehead atoms. The summed E-state index contributed by atoms with van der Waals surface area (Å²) in [5.41, 5.74) is 0.949. The van der Waals surface area contributed by atoms with Crippen molar-refractivity contribution in [1.29, 1.82) is 5.26 Å². The minimum atomic E-state index is -0.555. The molecule has 0 spiro atoms. The van der Waals surface area contributed by atoms with Gasteiger partial charge in [0, 0.05) is 25.0 Å². The van der Waals surface area contributed by atoms with Crippen molar-refractivity contribution in [2.24, 2.45) is 0 Å². The van der Waals surface area contributed by atoms with Crippen molar-refractivity contribution in [3.05, 3.63) is 93.8 Å². The predicted molar refractivity (Wildman–Crippen MR) is 111 cm³/mol. The fourth-order valence-electron chi connectivity index (χ4n) is 2.48. The van der Waals surface area contributed by atoms with Gasteiger partial charge in [0.2, 0.25) is 0 Å². The molecule has 0 aliphatic carbocycles. The molecule has 0 saturated heterocycles. The molecule has 0 saturated carbocycles. The Morgan fingerprint density at radius 2 is 1.90 bits per heavy atom. The molecule has 148 valence electrons. The first-order valence-electron chi connectivity index (χ1n) is 8.74. The molecular weight excluding hydrogens is 402 g/mol. The summed E-state index contributed by atoms with van der Waals surface area (Å²) in [6.45, 7) is 0.269. The monoisotopic (exact) mass is 417 g/mol. The topological polar surface area (TPSA) is 122 Å². The number of hydrogen-bond donors (Lipinski definition) is 1. The summed E-state index contributed by atoms with van der Waals surface area (Å²) in [4.78, 5) is 31.8. The highest BCUT2D eigenvalue weighted by Crippen LogP contribution is 2.33. The van der Waals surface area contributed by atoms with Gasteiger partial charge in [0.1, 0.15) is 11.6 Å². The first-order valence-corrected chi connectivity index (χ1v) is 9.55. The average molecular weight is 417 g/mol. The fraction of sp³-hybridized carbons (Fsp3) is 0.0476. The molecule has 0 aliphatic rings. The van der Waals surface area contributed by atoms with Crippen LogP contribution < -0.4 is 5.32 Å². The van der Waals surface area contributed by atoms with Gasteiger partial charge in [-0.3, -0.25) is 14.9 Å². The van der Waals surface area contributed by atoms with Crippen LogP contribution >= 0.6 is 11.8 Å². The van der Waals surface area contributed by atoms with E-state index in [-0.39, 0.29) is 17.8 Å². The Labute approximate surface area is 176 Å². The Kier molecular flexibility index (Phi) is 6.87. The lowest BCUT2D eigenvalue weighted by molar-refractivity contribution is -0.387. The molecule has 3 aromatic rings. The lowest BCUT2D eigenvalue weighted by Gasteiger charge is -2.05. The molecule has 1 heterocycles. The molecular formula is C21H15N5O3S. The van der Waals surface area contributed by atoms with Gasteiger partial charge >= 0.3 is 0 Å². The van der Waals surface area contributed by atoms with Crippen molar-refractivity contribution in [1.82, 2.24) is 15.3 Å². The summed E-state index contributed by atoms with van der Waals surface area (Å²) in [5, 5.41) is 23.9. The molecule has 9 heteroatoms. The molecule has 0 fully saturated rings. The zero-order chi connectivity index (χ0) is 21.3. The number of amides is 1. The van der Waals surface area contributed by atoms with Gasteiger partial charge in [-0.1, -0.05) is 36.4 Å². The van der Waals surface area contributed by atoms with Crippen LogP contribution in [0.25, 0.3) is 6.08 Å². The smallest absolute Gasteiger partial charge is 0.283 e. The number of hydrogen-bond acceptors (Lipinski definition) is 7. The fourth-order valence-corrected chi connectivity index (χ4v) is 3.28. The quantitative estimate of drug-likeness (QED) is 0.204. The van der Waals surface area contributed by atoms with E-state index in [0.29, 0.717) is 15.6 Å². The Morgan fingerprint density at radius 1 is 1.17 bits per heavy atom. The second-order valence-electron chi connectivity index (χ2n) is 5.96. The normalized spacial score (nSPS) is 10.8. The van der Waals surface area contributed by atoms with Crippen LogP contribution in [0.4, 0.5) is 5.69 Å². The largest absolute Gasteiger partial charge is 0.347 e. The number of nitro benzene ring substituents is 1. The van der Waals surface area contributed by atoms with Crippen molar-refractivity contribution < 1.29 is 9.72 Å². The van der Waals surface area contributed by atoms with Crippen LogP contribution in [0.3, 0.4) is 0 Å². The zero-order valence-corrected chi connectivity index (χ0v) is 16.4. The molecule has 1 amide bonds. The van der Waals surface area contributed by atoms with Gasteiger partial charge in [-0.2, -0.15) is 5.26 Å². The Balaban J connectivity index is 1.80. The van der Waals surface area contributed by atoms with E-state index >= 15 is 0 Å². The van der Waals surface area contributed by atoms with E-state index < -0.39 is 10.8 Å². The van der Waals surface area contributed by atoms with Crippen molar-refractivity contribution in [2.45, 2.75) is 16.6 Å². The number of aromatic nitrogens is 2. The van der Waals surface area contributed by atoms with E-state index in [1.807, 2.05) is 36.4 Å². The molecule has 1 aromatic heterocycles. The number of benzene rings is 2. The molecule has 3 rings (SSSR count). The second-order valence-corrected chi connectivity index (χ2v) is 6.96. The van der Waals surface area contributed by atoms with Gasteiger partial charge in [0.15, 0.2) is 5.16 Å². The van der Waals surface area contributed by atoms with Gasteiger partial charge in [-0.05, 0) is 41.1 Å². The van der Waals surface area contributed by atoms with Gasteiger partial charge < -0.3 is 5.32 Å². The number of nitrogens with zero attached hydrogens (tertiary/aromatic N) is 4. The molecule has 0 atom stereocenters. The summed E-state index contributed by atoms with van der Waals surface area (Å²) >= 11 is 1.06. The third-order valence-electron chi connectivity index (χ3n) is 3.89. The van der Waals surface area contributed by atoms with E-state index in [0.717, 1.165) is 17.3 Å². The van der Waals surface area contributed by atoms with Crippen LogP contribution in [0.2, 0.25) is 0 Å². The van der Waals surface area contributed by atoms with E-state index in [1.165, 1.54) is 12.1 Å². The molecule has 30 heavy (non-hydrogen) atoms. The molecule has 0 unspecified atom stereocenters. The number of nitrogens with one attached hydrogen (secondary N) is 1. The van der Waals surface area contributed by atoms with Crippen LogP contribution in [-0.2, 0) is 11.3 Å². The lowest BCUT2D eigenvalue weighted by Crippen LogP contribution is -2.23. The second kappa shape index (κ2) is 9.95. The third kappa shape index (κ3) is 5.50. The van der Waals surface area contributed by atoms with Gasteiger partial charge in [0.25, 0.3) is 11.6 Å². The predicted octanol–water partition coefficient (Wildman–Crippen LogP) is 3.76. The highest BCUT2D eigenvalue weighted by molar-refractivity contribution is 7.99. The van der Waals surface area contributed by atoms with E-state index in [1.54, 1.807) is 30.6 Å². The maximum absolute atomic E-state index is 12.3. The van der Waals surface area contributed by atoms with Gasteiger partial charge in [-0.25, -0.2) is 9.97 Å². The van der Waals surface area contributed by atoms with Crippen molar-refractivity contribution >= 4 is 29.4 Å². The minimum absolute atomic E-state index is 0.146. The van der Waals surface area contributed by atoms with Crippen LogP contribution in [0.15, 0.2) is 82.6 Å². The van der Waals surface area contributed by atoms with Crippen molar-refractivity contribution in [3.8, 4) is 6.07 Å². The third-order valence-corrected chi connectivity index (χ3v) is 4.85. The number of carbonyl (C=O) groups excluding carboxylic acids is 1. The SMILES string of the molecule is N#C/C(=C\c1ccc(Sc2ncccn2)c([N+](=O)[O-])c1)C(=O)NCc1ccccc1. The van der Waals surface area contributed by atoms with Crippen LogP contribution in [0.5, 0.6) is 0 Å².